The van der Waals surface area contributed by atoms with Crippen LogP contribution in [0.5, 0.6) is 0 Å². The average Bonchev–Trinajstić information content (AvgIpc) is 2.04. The fourth-order valence-electron chi connectivity index (χ4n) is 2.61. The molecule has 1 heterocycles. The van der Waals surface area contributed by atoms with Gasteiger partial charge < -0.3 is 15.4 Å². The number of hydrogen-bond donors (Lipinski definition) is 1. The number of nitrogens with two attached hydrogens (primary N) is 1. The van der Waals surface area contributed by atoms with E-state index in [0.29, 0.717) is 12.0 Å². The largest absolute Gasteiger partial charge is 0.444 e. The van der Waals surface area contributed by atoms with Crippen LogP contribution in [0.2, 0.25) is 0 Å². The number of carbonyl (C=O) groups excluding carboxylic acids is 1. The molecular weight excluding hydrogens is 204 g/mol. The number of amides is 1. The highest BCUT2D eigenvalue weighted by Crippen LogP contribution is 2.39. The Balaban J connectivity index is 1.97. The monoisotopic (exact) mass is 226 g/mol. The van der Waals surface area contributed by atoms with Gasteiger partial charge in [0.25, 0.3) is 0 Å². The second-order valence-electron chi connectivity index (χ2n) is 5.93. The van der Waals surface area contributed by atoms with E-state index in [1.165, 1.54) is 0 Å². The van der Waals surface area contributed by atoms with E-state index in [1.807, 2.05) is 25.7 Å². The van der Waals surface area contributed by atoms with Crippen LogP contribution < -0.4 is 5.73 Å². The predicted octanol–water partition coefficient (Wildman–Crippen LogP) is 1.73. The van der Waals surface area contributed by atoms with Crippen molar-refractivity contribution in [1.82, 2.24) is 4.90 Å². The third-order valence-electron chi connectivity index (χ3n) is 3.57. The van der Waals surface area contributed by atoms with Crippen molar-refractivity contribution in [3.63, 3.8) is 0 Å². The Morgan fingerprint density at radius 3 is 2.50 bits per heavy atom. The van der Waals surface area contributed by atoms with Crippen LogP contribution in [0, 0.1) is 5.92 Å². The van der Waals surface area contributed by atoms with Gasteiger partial charge in [0.1, 0.15) is 5.60 Å². The lowest BCUT2D eigenvalue weighted by molar-refractivity contribution is -0.0282. The van der Waals surface area contributed by atoms with Crippen molar-refractivity contribution in [1.29, 1.82) is 0 Å². The Labute approximate surface area is 97.1 Å². The molecule has 1 unspecified atom stereocenters. The summed E-state index contributed by atoms with van der Waals surface area (Å²) >= 11 is 0. The highest BCUT2D eigenvalue weighted by Gasteiger charge is 2.45. The third-order valence-corrected chi connectivity index (χ3v) is 3.57. The van der Waals surface area contributed by atoms with Crippen molar-refractivity contribution in [3.8, 4) is 0 Å². The Kier molecular flexibility index (Phi) is 2.86. The normalized spacial score (nSPS) is 34.0. The van der Waals surface area contributed by atoms with Crippen LogP contribution in [0.1, 0.15) is 40.0 Å². The first-order valence-corrected chi connectivity index (χ1v) is 6.14. The minimum Gasteiger partial charge on any atom is -0.444 e. The molecule has 2 N–H and O–H groups in total. The topological polar surface area (TPSA) is 55.6 Å². The van der Waals surface area contributed by atoms with Crippen molar-refractivity contribution in [2.75, 3.05) is 6.54 Å². The highest BCUT2D eigenvalue weighted by molar-refractivity contribution is 5.69. The van der Waals surface area contributed by atoms with E-state index >= 15 is 0 Å². The standard InChI is InChI=1S/C12H22N2O2/c1-12(2,3)16-11(15)14-7-6-9(13)8-4-5-10(8)14/h8-10H,4-7,13H2,1-3H3/t8-,9?,10-/m0/s1. The summed E-state index contributed by atoms with van der Waals surface area (Å²) in [6.07, 6.45) is 2.97. The molecule has 1 amide bonds. The van der Waals surface area contributed by atoms with Crippen LogP contribution in [0.3, 0.4) is 0 Å². The molecular formula is C12H22N2O2. The van der Waals surface area contributed by atoms with Crippen LogP contribution in [0.15, 0.2) is 0 Å². The van der Waals surface area contributed by atoms with Crippen molar-refractivity contribution in [2.45, 2.75) is 57.7 Å². The fourth-order valence-corrected chi connectivity index (χ4v) is 2.61. The molecule has 4 heteroatoms. The van der Waals surface area contributed by atoms with Crippen LogP contribution in [0.4, 0.5) is 4.79 Å². The molecule has 0 bridgehead atoms. The molecule has 2 rings (SSSR count). The second kappa shape index (κ2) is 3.91. The van der Waals surface area contributed by atoms with Crippen LogP contribution >= 0.6 is 0 Å². The first-order chi connectivity index (χ1) is 7.38. The zero-order chi connectivity index (χ0) is 11.9. The lowest BCUT2D eigenvalue weighted by atomic mass is 9.71. The van der Waals surface area contributed by atoms with Crippen LogP contribution in [0.25, 0.3) is 0 Å². The number of carbonyl (C=O) groups is 1. The first kappa shape index (κ1) is 11.7. The molecule has 1 aliphatic heterocycles. The molecule has 2 fully saturated rings. The second-order valence-corrected chi connectivity index (χ2v) is 5.93. The number of fused-ring (bicyclic) bond motifs is 1. The predicted molar refractivity (Wildman–Crippen MR) is 62.0 cm³/mol. The number of hydrogen-bond acceptors (Lipinski definition) is 3. The summed E-state index contributed by atoms with van der Waals surface area (Å²) in [4.78, 5) is 13.9. The first-order valence-electron chi connectivity index (χ1n) is 6.14. The maximum Gasteiger partial charge on any atom is 0.410 e. The third kappa shape index (κ3) is 2.17. The van der Waals surface area contributed by atoms with Gasteiger partial charge in [-0.15, -0.1) is 0 Å². The van der Waals surface area contributed by atoms with E-state index in [1.54, 1.807) is 0 Å². The van der Waals surface area contributed by atoms with Gasteiger partial charge in [-0.2, -0.15) is 0 Å². The number of nitrogens with zero attached hydrogens (tertiary/aromatic N) is 1. The summed E-state index contributed by atoms with van der Waals surface area (Å²) in [5, 5.41) is 0. The molecule has 0 radical (unpaired) electrons. The Bertz CT molecular complexity index is 285. The maximum atomic E-state index is 12.0. The molecule has 0 aromatic heterocycles. The Morgan fingerprint density at radius 2 is 2.00 bits per heavy atom. The summed E-state index contributed by atoms with van der Waals surface area (Å²) in [5.41, 5.74) is 5.62. The zero-order valence-electron chi connectivity index (χ0n) is 10.4. The smallest absolute Gasteiger partial charge is 0.410 e. The van der Waals surface area contributed by atoms with Gasteiger partial charge >= 0.3 is 6.09 Å². The van der Waals surface area contributed by atoms with Gasteiger partial charge in [-0.05, 0) is 46.0 Å². The van der Waals surface area contributed by atoms with Gasteiger partial charge in [-0.25, -0.2) is 4.79 Å². The molecule has 4 nitrogen and oxygen atoms in total. The van der Waals surface area contributed by atoms with Crippen molar-refractivity contribution >= 4 is 6.09 Å². The van der Waals surface area contributed by atoms with Gasteiger partial charge in [0.05, 0.1) is 0 Å². The van der Waals surface area contributed by atoms with Crippen molar-refractivity contribution in [2.24, 2.45) is 11.7 Å². The van der Waals surface area contributed by atoms with E-state index in [-0.39, 0.29) is 12.1 Å². The van der Waals surface area contributed by atoms with E-state index in [4.69, 9.17) is 10.5 Å². The van der Waals surface area contributed by atoms with Crippen LogP contribution in [-0.2, 0) is 4.74 Å². The summed E-state index contributed by atoms with van der Waals surface area (Å²) in [5.74, 6) is 0.501. The summed E-state index contributed by atoms with van der Waals surface area (Å²) in [6.45, 7) is 6.45. The summed E-state index contributed by atoms with van der Waals surface area (Å²) < 4.78 is 5.41. The lowest BCUT2D eigenvalue weighted by Crippen LogP contribution is -2.61. The lowest BCUT2D eigenvalue weighted by Gasteiger charge is -2.50. The van der Waals surface area contributed by atoms with E-state index in [2.05, 4.69) is 0 Å². The molecule has 16 heavy (non-hydrogen) atoms. The van der Waals surface area contributed by atoms with Gasteiger partial charge in [0.15, 0.2) is 0 Å². The minimum atomic E-state index is -0.407. The highest BCUT2D eigenvalue weighted by atomic mass is 16.6. The fraction of sp³-hybridized carbons (Fsp3) is 0.917. The van der Waals surface area contributed by atoms with Gasteiger partial charge in [-0.1, -0.05) is 0 Å². The SMILES string of the molecule is CC(C)(C)OC(=O)N1CCC(N)[C@@H]2CC[C@@H]21. The van der Waals surface area contributed by atoms with E-state index < -0.39 is 5.60 Å². The molecule has 1 saturated carbocycles. The van der Waals surface area contributed by atoms with Gasteiger partial charge in [0, 0.05) is 18.6 Å². The molecule has 2 aliphatic rings. The molecule has 1 aliphatic carbocycles. The number of rotatable bonds is 0. The maximum absolute atomic E-state index is 12.0. The van der Waals surface area contributed by atoms with Crippen molar-refractivity contribution < 1.29 is 9.53 Å². The molecule has 1 saturated heterocycles. The minimum absolute atomic E-state index is 0.172. The van der Waals surface area contributed by atoms with E-state index in [0.717, 1.165) is 25.8 Å². The summed E-state index contributed by atoms with van der Waals surface area (Å²) in [7, 11) is 0. The molecule has 0 spiro atoms. The number of ether oxygens (including phenoxy) is 1. The van der Waals surface area contributed by atoms with Gasteiger partial charge in [0.2, 0.25) is 0 Å². The molecule has 92 valence electrons. The van der Waals surface area contributed by atoms with E-state index in [9.17, 15) is 4.79 Å². The number of piperidine rings is 1. The Morgan fingerprint density at radius 1 is 1.31 bits per heavy atom. The quantitative estimate of drug-likeness (QED) is 0.684. The average molecular weight is 226 g/mol. The summed E-state index contributed by atoms with van der Waals surface area (Å²) in [6, 6.07) is 0.607. The van der Waals surface area contributed by atoms with Crippen LogP contribution in [-0.4, -0.2) is 35.2 Å². The molecule has 3 atom stereocenters. The molecule has 0 aromatic carbocycles. The molecule has 0 aromatic rings. The Hall–Kier alpha value is -0.770. The number of likely N-dealkylation sites (tertiary alicyclic amines) is 1. The van der Waals surface area contributed by atoms with Gasteiger partial charge in [-0.3, -0.25) is 0 Å². The van der Waals surface area contributed by atoms with Crippen molar-refractivity contribution in [3.05, 3.63) is 0 Å². The zero-order valence-corrected chi connectivity index (χ0v) is 10.4.